The van der Waals surface area contributed by atoms with Crippen molar-refractivity contribution in [2.75, 3.05) is 6.61 Å². The summed E-state index contributed by atoms with van der Waals surface area (Å²) in [5.74, 6) is 0.0883. The van der Waals surface area contributed by atoms with Gasteiger partial charge in [-0.2, -0.15) is 0 Å². The van der Waals surface area contributed by atoms with Gasteiger partial charge in [0.15, 0.2) is 0 Å². The molecule has 0 amide bonds. The summed E-state index contributed by atoms with van der Waals surface area (Å²) in [6.07, 6.45) is 0.579. The predicted molar refractivity (Wildman–Crippen MR) is 75.2 cm³/mol. The number of esters is 1. The number of fused-ring (bicyclic) bond motifs is 1. The zero-order valence-corrected chi connectivity index (χ0v) is 10.8. The highest BCUT2D eigenvalue weighted by molar-refractivity contribution is 5.95. The smallest absolute Gasteiger partial charge is 0.338 e. The summed E-state index contributed by atoms with van der Waals surface area (Å²) in [7, 11) is 0. The quantitative estimate of drug-likeness (QED) is 0.520. The standard InChI is InChI=1S/C16H16O3/c1-11(2)16(18)19-15-8-4-6-13-12(9-10-17)5-3-7-14(13)15/h3-8,17H,1,9-10H2,2H3. The molecule has 0 saturated carbocycles. The summed E-state index contributed by atoms with van der Waals surface area (Å²) < 4.78 is 5.32. The van der Waals surface area contributed by atoms with Crippen molar-refractivity contribution >= 4 is 16.7 Å². The lowest BCUT2D eigenvalue weighted by Crippen LogP contribution is -2.08. The van der Waals surface area contributed by atoms with E-state index in [1.165, 1.54) is 0 Å². The number of rotatable bonds is 4. The van der Waals surface area contributed by atoms with Crippen LogP contribution >= 0.6 is 0 Å². The third-order valence-electron chi connectivity index (χ3n) is 2.90. The second kappa shape index (κ2) is 5.67. The van der Waals surface area contributed by atoms with E-state index in [1.807, 2.05) is 30.3 Å². The van der Waals surface area contributed by atoms with Crippen LogP contribution in [0, 0.1) is 0 Å². The molecule has 0 spiro atoms. The van der Waals surface area contributed by atoms with E-state index in [2.05, 4.69) is 6.58 Å². The van der Waals surface area contributed by atoms with Crippen LogP contribution in [0.2, 0.25) is 0 Å². The highest BCUT2D eigenvalue weighted by atomic mass is 16.5. The molecule has 0 aliphatic heterocycles. The fourth-order valence-electron chi connectivity index (χ4n) is 1.96. The molecule has 0 atom stereocenters. The van der Waals surface area contributed by atoms with Crippen LogP contribution < -0.4 is 4.74 Å². The van der Waals surface area contributed by atoms with E-state index in [9.17, 15) is 4.79 Å². The molecule has 2 aromatic rings. The average molecular weight is 256 g/mol. The monoisotopic (exact) mass is 256 g/mol. The molecule has 2 aromatic carbocycles. The Morgan fingerprint density at radius 1 is 1.21 bits per heavy atom. The number of aliphatic hydroxyl groups is 1. The Balaban J connectivity index is 2.48. The van der Waals surface area contributed by atoms with Gasteiger partial charge < -0.3 is 9.84 Å². The van der Waals surface area contributed by atoms with Gasteiger partial charge in [0, 0.05) is 17.6 Å². The first-order valence-corrected chi connectivity index (χ1v) is 6.12. The molecule has 3 nitrogen and oxygen atoms in total. The molecule has 0 saturated heterocycles. The van der Waals surface area contributed by atoms with Gasteiger partial charge in [-0.3, -0.25) is 0 Å². The van der Waals surface area contributed by atoms with Gasteiger partial charge >= 0.3 is 5.97 Å². The largest absolute Gasteiger partial charge is 0.423 e. The third-order valence-corrected chi connectivity index (χ3v) is 2.90. The molecule has 0 heterocycles. The van der Waals surface area contributed by atoms with Crippen molar-refractivity contribution in [1.29, 1.82) is 0 Å². The molecule has 3 heteroatoms. The van der Waals surface area contributed by atoms with Gasteiger partial charge in [0.25, 0.3) is 0 Å². The minimum Gasteiger partial charge on any atom is -0.423 e. The van der Waals surface area contributed by atoms with Gasteiger partial charge in [0.05, 0.1) is 0 Å². The lowest BCUT2D eigenvalue weighted by atomic mass is 10.0. The normalized spacial score (nSPS) is 10.4. The van der Waals surface area contributed by atoms with Crippen LogP contribution in [0.25, 0.3) is 10.8 Å². The second-order valence-corrected chi connectivity index (χ2v) is 4.41. The van der Waals surface area contributed by atoms with Crippen LogP contribution in [0.4, 0.5) is 0 Å². The van der Waals surface area contributed by atoms with Crippen LogP contribution in [-0.2, 0) is 11.2 Å². The second-order valence-electron chi connectivity index (χ2n) is 4.41. The number of benzene rings is 2. The number of ether oxygens (including phenoxy) is 1. The molecule has 2 rings (SSSR count). The van der Waals surface area contributed by atoms with E-state index in [1.54, 1.807) is 13.0 Å². The maximum absolute atomic E-state index is 11.6. The molecule has 0 aliphatic carbocycles. The van der Waals surface area contributed by atoms with Crippen molar-refractivity contribution in [3.63, 3.8) is 0 Å². The molecule has 0 aromatic heterocycles. The van der Waals surface area contributed by atoms with Crippen LogP contribution in [0.3, 0.4) is 0 Å². The zero-order chi connectivity index (χ0) is 13.8. The van der Waals surface area contributed by atoms with Gasteiger partial charge in [0.1, 0.15) is 5.75 Å². The predicted octanol–water partition coefficient (Wildman–Crippen LogP) is 2.86. The summed E-state index contributed by atoms with van der Waals surface area (Å²) in [6, 6.07) is 11.3. The fraction of sp³-hybridized carbons (Fsp3) is 0.188. The highest BCUT2D eigenvalue weighted by Crippen LogP contribution is 2.28. The Morgan fingerprint density at radius 2 is 1.89 bits per heavy atom. The van der Waals surface area contributed by atoms with Gasteiger partial charge in [-0.25, -0.2) is 4.79 Å². The molecule has 0 fully saturated rings. The zero-order valence-electron chi connectivity index (χ0n) is 10.8. The summed E-state index contributed by atoms with van der Waals surface area (Å²) >= 11 is 0. The van der Waals surface area contributed by atoms with Crippen LogP contribution in [0.5, 0.6) is 5.75 Å². The Morgan fingerprint density at radius 3 is 2.58 bits per heavy atom. The average Bonchev–Trinajstić information content (AvgIpc) is 2.40. The lowest BCUT2D eigenvalue weighted by Gasteiger charge is -2.10. The molecule has 1 N–H and O–H groups in total. The molecule has 0 aliphatic rings. The molecule has 19 heavy (non-hydrogen) atoms. The lowest BCUT2D eigenvalue weighted by molar-refractivity contribution is -0.129. The number of hydrogen-bond donors (Lipinski definition) is 1. The molecule has 0 bridgehead atoms. The van der Waals surface area contributed by atoms with E-state index < -0.39 is 5.97 Å². The number of aliphatic hydroxyl groups excluding tert-OH is 1. The van der Waals surface area contributed by atoms with Crippen molar-refractivity contribution in [3.05, 3.63) is 54.1 Å². The van der Waals surface area contributed by atoms with Gasteiger partial charge in [-0.1, -0.05) is 36.9 Å². The van der Waals surface area contributed by atoms with Gasteiger partial charge in [-0.05, 0) is 30.4 Å². The van der Waals surface area contributed by atoms with Crippen molar-refractivity contribution in [2.24, 2.45) is 0 Å². The third kappa shape index (κ3) is 2.83. The minimum absolute atomic E-state index is 0.0922. The SMILES string of the molecule is C=C(C)C(=O)Oc1cccc2c(CCO)cccc12. The molecular weight excluding hydrogens is 240 g/mol. The topological polar surface area (TPSA) is 46.5 Å². The first-order valence-electron chi connectivity index (χ1n) is 6.12. The van der Waals surface area contributed by atoms with E-state index in [0.29, 0.717) is 17.7 Å². The Bertz CT molecular complexity index is 629. The summed E-state index contributed by atoms with van der Waals surface area (Å²) in [5.41, 5.74) is 1.40. The van der Waals surface area contributed by atoms with Crippen LogP contribution in [-0.4, -0.2) is 17.7 Å². The van der Waals surface area contributed by atoms with Gasteiger partial charge in [0.2, 0.25) is 0 Å². The van der Waals surface area contributed by atoms with Crippen LogP contribution in [0.1, 0.15) is 12.5 Å². The Labute approximate surface area is 112 Å². The first-order chi connectivity index (χ1) is 9.13. The van der Waals surface area contributed by atoms with Crippen LogP contribution in [0.15, 0.2) is 48.6 Å². The van der Waals surface area contributed by atoms with E-state index in [4.69, 9.17) is 9.84 Å². The van der Waals surface area contributed by atoms with Gasteiger partial charge in [-0.15, -0.1) is 0 Å². The van der Waals surface area contributed by atoms with Crippen molar-refractivity contribution in [1.82, 2.24) is 0 Å². The highest BCUT2D eigenvalue weighted by Gasteiger charge is 2.10. The number of carbonyl (C=O) groups excluding carboxylic acids is 1. The fourth-order valence-corrected chi connectivity index (χ4v) is 1.96. The number of hydrogen-bond acceptors (Lipinski definition) is 3. The Hall–Kier alpha value is -2.13. The summed E-state index contributed by atoms with van der Waals surface area (Å²) in [5, 5.41) is 10.9. The molecular formula is C16H16O3. The van der Waals surface area contributed by atoms with Crippen molar-refractivity contribution in [2.45, 2.75) is 13.3 Å². The number of carbonyl (C=O) groups is 1. The molecule has 0 radical (unpaired) electrons. The minimum atomic E-state index is -0.430. The van der Waals surface area contributed by atoms with E-state index >= 15 is 0 Å². The molecule has 98 valence electrons. The maximum Gasteiger partial charge on any atom is 0.338 e. The summed E-state index contributed by atoms with van der Waals surface area (Å²) in [4.78, 5) is 11.6. The Kier molecular flexibility index (Phi) is 3.97. The maximum atomic E-state index is 11.6. The van der Waals surface area contributed by atoms with Crippen molar-refractivity contribution < 1.29 is 14.6 Å². The van der Waals surface area contributed by atoms with Crippen molar-refractivity contribution in [3.8, 4) is 5.75 Å². The molecule has 0 unspecified atom stereocenters. The first kappa shape index (κ1) is 13.3. The van der Waals surface area contributed by atoms with E-state index in [-0.39, 0.29) is 6.61 Å². The summed E-state index contributed by atoms with van der Waals surface area (Å²) in [6.45, 7) is 5.28. The van der Waals surface area contributed by atoms with E-state index in [0.717, 1.165) is 16.3 Å².